The molecule has 1 amide bonds. The molecule has 14 heteroatoms. The van der Waals surface area contributed by atoms with E-state index in [4.69, 9.17) is 33.7 Å². The Bertz CT molecular complexity index is 1110. The van der Waals surface area contributed by atoms with E-state index in [2.05, 4.69) is 50.6 Å². The Morgan fingerprint density at radius 1 is 0.854 bits per heavy atom. The number of nitrogens with one attached hydrogen (secondary N) is 3. The molecule has 0 aromatic rings. The average molecular weight is 701 g/mol. The maximum absolute atomic E-state index is 12.9. The van der Waals surface area contributed by atoms with Gasteiger partial charge >= 0.3 is 272 Å². The van der Waals surface area contributed by atoms with Crippen LogP contribution in [0.25, 0.3) is 0 Å². The first-order valence-corrected chi connectivity index (χ1v) is 19.3. The van der Waals surface area contributed by atoms with E-state index in [0.29, 0.717) is 47.7 Å². The zero-order valence-corrected chi connectivity index (χ0v) is 32.6. The van der Waals surface area contributed by atoms with E-state index in [9.17, 15) is 19.2 Å². The van der Waals surface area contributed by atoms with Gasteiger partial charge in [0.1, 0.15) is 0 Å². The van der Waals surface area contributed by atoms with Crippen molar-refractivity contribution in [1.82, 2.24) is 16.0 Å². The van der Waals surface area contributed by atoms with Crippen molar-refractivity contribution in [3.05, 3.63) is 0 Å². The summed E-state index contributed by atoms with van der Waals surface area (Å²) in [6.07, 6.45) is 5.16. The molecule has 1 aliphatic carbocycles. The Morgan fingerprint density at radius 3 is 1.90 bits per heavy atom. The zero-order chi connectivity index (χ0) is 36.9. The van der Waals surface area contributed by atoms with E-state index in [1.165, 1.54) is 0 Å². The molecular weight excluding hydrogens is 641 g/mol. The fourth-order valence-electron chi connectivity index (χ4n) is 5.05. The quantitative estimate of drug-likeness (QED) is 0.0787. The summed E-state index contributed by atoms with van der Waals surface area (Å²) < 4.78 is 6.12. The number of carbonyl (C=O) groups is 4. The van der Waals surface area contributed by atoms with Crippen LogP contribution in [0.3, 0.4) is 0 Å². The van der Waals surface area contributed by atoms with Crippen molar-refractivity contribution in [2.45, 2.75) is 135 Å². The Morgan fingerprint density at radius 2 is 1.40 bits per heavy atom. The van der Waals surface area contributed by atoms with Crippen molar-refractivity contribution in [3.63, 3.8) is 0 Å². The first-order chi connectivity index (χ1) is 22.1. The van der Waals surface area contributed by atoms with Gasteiger partial charge in [0.05, 0.1) is 5.68 Å². The molecule has 0 aliphatic heterocycles. The molecule has 1 rings (SSSR count). The van der Waals surface area contributed by atoms with Gasteiger partial charge in [0.15, 0.2) is 7.85 Å². The Labute approximate surface area is 303 Å². The predicted molar refractivity (Wildman–Crippen MR) is 205 cm³/mol. The van der Waals surface area contributed by atoms with Gasteiger partial charge < -0.3 is 4.79 Å². The van der Waals surface area contributed by atoms with Crippen molar-refractivity contribution < 1.29 is 23.9 Å². The number of thioether (sulfide) groups is 2. The summed E-state index contributed by atoms with van der Waals surface area (Å²) in [5.41, 5.74) is 4.01. The van der Waals surface area contributed by atoms with Crippen LogP contribution in [0.4, 0.5) is 0 Å². The van der Waals surface area contributed by atoms with Crippen LogP contribution in [-0.2, 0) is 23.9 Å². The summed E-state index contributed by atoms with van der Waals surface area (Å²) in [4.78, 5) is 48.4. The fourth-order valence-corrected chi connectivity index (χ4v) is 8.58. The van der Waals surface area contributed by atoms with Gasteiger partial charge in [-0.25, -0.2) is 0 Å². The molecule has 48 heavy (non-hydrogen) atoms. The van der Waals surface area contributed by atoms with Crippen LogP contribution < -0.4 is 21.7 Å². The topological polar surface area (TPSA) is 140 Å². The van der Waals surface area contributed by atoms with Crippen molar-refractivity contribution in [3.8, 4) is 0 Å². The molecule has 9 nitrogen and oxygen atoms in total. The Balaban J connectivity index is 2.88. The molecule has 1 saturated carbocycles. The van der Waals surface area contributed by atoms with Gasteiger partial charge in [0, 0.05) is 0 Å². The summed E-state index contributed by atoms with van der Waals surface area (Å²) in [5, 5.41) is 9.87. The standard InChI is InChI=1S/C34H60B3N4O5S2/c1-10-31(3,4)26(42)14-15-34(9,38)46-17-16-32(5,6)22(29(37)39-18-27(35)43)20-47-24-12-13-25(24)48-21-23(41-33(7,8)11-2)30(45)40-19-28(36)44/h22-25,39,41H,10-21,38H2,1-9H3,(H,40,45). The Hall–Kier alpha value is -1.08. The number of amides is 1. The summed E-state index contributed by atoms with van der Waals surface area (Å²) in [6, 6.07) is -0.464. The van der Waals surface area contributed by atoms with E-state index in [0.717, 1.165) is 31.4 Å². The number of rotatable bonds is 26. The number of hydrogen-bond donors (Lipinski definition) is 4. The first-order valence-electron chi connectivity index (χ1n) is 17.2. The van der Waals surface area contributed by atoms with Crippen LogP contribution in [0.1, 0.15) is 107 Å². The van der Waals surface area contributed by atoms with Crippen molar-refractivity contribution in [1.29, 1.82) is 0 Å². The molecule has 1 fully saturated rings. The minimum absolute atomic E-state index is 0.0508. The maximum atomic E-state index is 12.9. The van der Waals surface area contributed by atoms with Crippen LogP contribution in [0.15, 0.2) is 0 Å². The van der Waals surface area contributed by atoms with Crippen LogP contribution >= 0.6 is 23.5 Å². The monoisotopic (exact) mass is 701 g/mol. The average Bonchev–Trinajstić information content (AvgIpc) is 2.97. The minimum Gasteiger partial charge on any atom is -0.0644 e. The summed E-state index contributed by atoms with van der Waals surface area (Å²) in [6.45, 7) is 18.3. The van der Waals surface area contributed by atoms with E-state index in [1.54, 1.807) is 11.8 Å². The molecule has 5 radical (unpaired) electrons. The van der Waals surface area contributed by atoms with E-state index >= 15 is 0 Å². The van der Waals surface area contributed by atoms with Gasteiger partial charge in [-0.1, -0.05) is 13.8 Å². The minimum atomic E-state index is -0.939. The number of Topliss-reactive ketones (excluding diaryl/α,β-unsaturated/α-hetero) is 1. The summed E-state index contributed by atoms with van der Waals surface area (Å²) >= 11 is 3.62. The van der Waals surface area contributed by atoms with Crippen molar-refractivity contribution in [2.24, 2.45) is 22.5 Å². The van der Waals surface area contributed by atoms with Gasteiger partial charge in [0.25, 0.3) is 0 Å². The molecule has 0 aromatic heterocycles. The normalized spacial score (nSPS) is 19.4. The summed E-state index contributed by atoms with van der Waals surface area (Å²) in [7, 11) is 17.2. The number of carbonyl (C=O) groups excluding carboxylic acids is 4. The van der Waals surface area contributed by atoms with E-state index in [1.807, 2.05) is 39.5 Å². The van der Waals surface area contributed by atoms with Gasteiger partial charge in [-0.3, -0.25) is 0 Å². The number of ketones is 1. The Kier molecular flexibility index (Phi) is 18.8. The molecule has 0 bridgehead atoms. The number of nitrogens with two attached hydrogens (primary N) is 1. The molecule has 5 atom stereocenters. The molecule has 5 N–H and O–H groups in total. The molecule has 267 valence electrons. The van der Waals surface area contributed by atoms with E-state index in [-0.39, 0.29) is 47.1 Å². The first kappa shape index (κ1) is 44.9. The smallest absolute Gasteiger partial charge is 0.0644 e. The number of hydrogen-bond acceptors (Lipinski definition) is 10. The van der Waals surface area contributed by atoms with Crippen molar-refractivity contribution >= 4 is 75.3 Å². The molecule has 0 aromatic carbocycles. The van der Waals surface area contributed by atoms with Crippen LogP contribution in [0.5, 0.6) is 0 Å². The second kappa shape index (κ2) is 20.1. The summed E-state index contributed by atoms with van der Waals surface area (Å²) in [5.74, 6) is 1.13. The van der Waals surface area contributed by atoms with Crippen molar-refractivity contribution in [2.75, 3.05) is 31.2 Å². The van der Waals surface area contributed by atoms with Crippen LogP contribution in [0, 0.1) is 16.7 Å². The van der Waals surface area contributed by atoms with Gasteiger partial charge in [-0.2, -0.15) is 0 Å². The predicted octanol–water partition coefficient (Wildman–Crippen LogP) is 3.03. The third-order valence-corrected chi connectivity index (χ3v) is 13.0. The second-order valence-electron chi connectivity index (χ2n) is 15.3. The van der Waals surface area contributed by atoms with Gasteiger partial charge in [-0.05, 0) is 0 Å². The molecule has 0 heterocycles. The second-order valence-corrected chi connectivity index (χ2v) is 17.9. The molecule has 1 aliphatic rings. The fraction of sp³-hybridized carbons (Fsp3) is 0.853. The number of ether oxygens (including phenoxy) is 1. The molecule has 5 unspecified atom stereocenters. The molecule has 0 spiro atoms. The third kappa shape index (κ3) is 16.3. The molecular formula is C34H60B3N4O5S2. The third-order valence-electron chi connectivity index (χ3n) is 9.76. The van der Waals surface area contributed by atoms with Crippen LogP contribution in [0.2, 0.25) is 0 Å². The van der Waals surface area contributed by atoms with Gasteiger partial charge in [-0.15, -0.1) is 0 Å². The van der Waals surface area contributed by atoms with Crippen LogP contribution in [-0.4, -0.2) is 111 Å². The van der Waals surface area contributed by atoms with E-state index < -0.39 is 23.1 Å². The van der Waals surface area contributed by atoms with Gasteiger partial charge in [0.2, 0.25) is 0 Å². The SMILES string of the molecule is [B]C(=O)CNC(=[B])C(CSC1CCC1SCC(NC(C)(C)CC)C(=O)NCC([B])=O)C(C)(C)CCOC(C)(N)CCC(=O)C(C)(C)CC. The molecule has 0 saturated heterocycles. The zero-order valence-electron chi connectivity index (χ0n) is 31.0.